The number of hydrogen-bond acceptors (Lipinski definition) is 0. The first-order valence-corrected chi connectivity index (χ1v) is 21.7. The van der Waals surface area contributed by atoms with Crippen molar-refractivity contribution in [2.45, 2.75) is 65.5 Å². The van der Waals surface area contributed by atoms with Crippen molar-refractivity contribution >= 4 is 53.7 Å². The van der Waals surface area contributed by atoms with E-state index in [1.54, 1.807) is 0 Å². The van der Waals surface area contributed by atoms with Crippen LogP contribution in [0.2, 0.25) is 65.5 Å². The fourth-order valence-electron chi connectivity index (χ4n) is 0.671. The third-order valence-corrected chi connectivity index (χ3v) is 37.7. The monoisotopic (exact) mass is 344 g/mol. The standard InChI is InChI=1S/2C6H18NSi2.Mg/c2*1-7-9(5,6)8(2,3)4;/h2*1-6H3;/q2*-1;+2. The molecule has 0 fully saturated rings. The van der Waals surface area contributed by atoms with Gasteiger partial charge in [0.05, 0.1) is 0 Å². The molecule has 0 unspecified atom stereocenters. The minimum Gasteiger partial charge on any atom is -0.669 e. The summed E-state index contributed by atoms with van der Waals surface area (Å²) >= 11 is 0. The van der Waals surface area contributed by atoms with Crippen LogP contribution in [-0.2, 0) is 0 Å². The van der Waals surface area contributed by atoms with Gasteiger partial charge < -0.3 is 9.96 Å². The van der Waals surface area contributed by atoms with E-state index < -0.39 is 30.7 Å². The Morgan fingerprint density at radius 3 is 0.632 bits per heavy atom. The second-order valence-corrected chi connectivity index (χ2v) is 40.5. The molecule has 0 saturated heterocycles. The summed E-state index contributed by atoms with van der Waals surface area (Å²) < 4.78 is 0. The van der Waals surface area contributed by atoms with Crippen LogP contribution in [0.1, 0.15) is 0 Å². The predicted molar refractivity (Wildman–Crippen MR) is 106 cm³/mol. The average molecular weight is 345 g/mol. The molecule has 0 bridgehead atoms. The van der Waals surface area contributed by atoms with E-state index >= 15 is 0 Å². The van der Waals surface area contributed by atoms with Gasteiger partial charge in [0.1, 0.15) is 0 Å². The molecule has 7 heteroatoms. The quantitative estimate of drug-likeness (QED) is 0.652. The minimum absolute atomic E-state index is 0. The molecule has 0 aliphatic carbocycles. The van der Waals surface area contributed by atoms with E-state index in [0.29, 0.717) is 0 Å². The smallest absolute Gasteiger partial charge is 0.669 e. The molecule has 19 heavy (non-hydrogen) atoms. The Labute approximate surface area is 142 Å². The molecule has 0 spiro atoms. The minimum atomic E-state index is -1.11. The van der Waals surface area contributed by atoms with Gasteiger partial charge in [-0.1, -0.05) is 81.0 Å². The van der Waals surface area contributed by atoms with Crippen molar-refractivity contribution in [1.29, 1.82) is 0 Å². The Balaban J connectivity index is -0.000000256. The third-order valence-electron chi connectivity index (χ3n) is 4.79. The van der Waals surface area contributed by atoms with Gasteiger partial charge in [0.2, 0.25) is 0 Å². The molecule has 0 heterocycles. The molecule has 2 nitrogen and oxygen atoms in total. The molecule has 0 rings (SSSR count). The van der Waals surface area contributed by atoms with Gasteiger partial charge in [0.15, 0.2) is 0 Å². The van der Waals surface area contributed by atoms with E-state index in [1.807, 2.05) is 14.1 Å². The summed E-state index contributed by atoms with van der Waals surface area (Å²) in [7, 11) is -0.102. The van der Waals surface area contributed by atoms with Gasteiger partial charge in [-0.3, -0.25) is 0 Å². The molecule has 0 aromatic carbocycles. The molecule has 0 atom stereocenters. The van der Waals surface area contributed by atoms with Crippen LogP contribution in [0.5, 0.6) is 0 Å². The summed E-state index contributed by atoms with van der Waals surface area (Å²) in [6.45, 7) is 23.9. The van der Waals surface area contributed by atoms with Crippen LogP contribution >= 0.6 is 0 Å². The zero-order valence-electron chi connectivity index (χ0n) is 15.6. The molecule has 0 aliphatic heterocycles. The predicted octanol–water partition coefficient (Wildman–Crippen LogP) is 4.84. The Kier molecular flexibility index (Phi) is 11.9. The van der Waals surface area contributed by atoms with Gasteiger partial charge in [0, 0.05) is 15.2 Å². The summed E-state index contributed by atoms with van der Waals surface area (Å²) in [4.78, 5) is 8.98. The molecule has 0 aromatic rings. The van der Waals surface area contributed by atoms with Gasteiger partial charge in [-0.25, -0.2) is 0 Å². The van der Waals surface area contributed by atoms with Gasteiger partial charge in [0.25, 0.3) is 0 Å². The first-order valence-electron chi connectivity index (χ1n) is 6.84. The van der Waals surface area contributed by atoms with E-state index in [-0.39, 0.29) is 23.1 Å². The fraction of sp³-hybridized carbons (Fsp3) is 1.00. The molecule has 0 radical (unpaired) electrons. The van der Waals surface area contributed by atoms with Gasteiger partial charge >= 0.3 is 23.1 Å². The second-order valence-electron chi connectivity index (χ2n) is 8.07. The Morgan fingerprint density at radius 1 is 0.474 bits per heavy atom. The van der Waals surface area contributed by atoms with Crippen molar-refractivity contribution in [3.05, 3.63) is 9.96 Å². The molecule has 0 amide bonds. The third kappa shape index (κ3) is 9.23. The van der Waals surface area contributed by atoms with Crippen LogP contribution in [0.3, 0.4) is 0 Å². The molecular weight excluding hydrogens is 309 g/mol. The van der Waals surface area contributed by atoms with Gasteiger partial charge in [-0.05, 0) is 0 Å². The summed E-state index contributed by atoms with van der Waals surface area (Å²) in [5.41, 5.74) is 0. The summed E-state index contributed by atoms with van der Waals surface area (Å²) in [6.07, 6.45) is 0. The van der Waals surface area contributed by atoms with Crippen LogP contribution in [0.4, 0.5) is 0 Å². The van der Waals surface area contributed by atoms with Crippen LogP contribution in [0.15, 0.2) is 0 Å². The van der Waals surface area contributed by atoms with Crippen molar-refractivity contribution in [2.75, 3.05) is 14.1 Å². The molecular formula is C12H36MgN2Si4. The Hall–Kier alpha value is 1.55. The zero-order valence-corrected chi connectivity index (χ0v) is 21.0. The van der Waals surface area contributed by atoms with Gasteiger partial charge in [-0.15, -0.1) is 0 Å². The van der Waals surface area contributed by atoms with Crippen molar-refractivity contribution in [1.82, 2.24) is 0 Å². The van der Waals surface area contributed by atoms with Gasteiger partial charge in [-0.2, -0.15) is 14.1 Å². The SMILES string of the molecule is C[N-][Si](C)(C)[Si](C)(C)C.C[N-][Si](C)(C)[Si](C)(C)C.[Mg+2]. The normalized spacial score (nSPS) is 13.3. The van der Waals surface area contributed by atoms with Crippen LogP contribution in [0.25, 0.3) is 9.96 Å². The van der Waals surface area contributed by atoms with E-state index in [4.69, 9.17) is 0 Å². The van der Waals surface area contributed by atoms with Crippen LogP contribution < -0.4 is 0 Å². The fourth-order valence-corrected chi connectivity index (χ4v) is 6.04. The van der Waals surface area contributed by atoms with Crippen LogP contribution in [0, 0.1) is 0 Å². The Bertz CT molecular complexity index is 219. The Morgan fingerprint density at radius 2 is 0.632 bits per heavy atom. The van der Waals surface area contributed by atoms with E-state index in [2.05, 4.69) is 75.4 Å². The average Bonchev–Trinajstić information content (AvgIpc) is 2.15. The maximum absolute atomic E-state index is 4.49. The topological polar surface area (TPSA) is 28.2 Å². The van der Waals surface area contributed by atoms with E-state index in [9.17, 15) is 0 Å². The summed E-state index contributed by atoms with van der Waals surface area (Å²) in [6, 6.07) is 0. The first kappa shape index (κ1) is 25.5. The first-order chi connectivity index (χ1) is 7.62. The molecule has 0 saturated carbocycles. The van der Waals surface area contributed by atoms with Crippen LogP contribution in [-0.4, -0.2) is 67.8 Å². The van der Waals surface area contributed by atoms with Crippen molar-refractivity contribution in [2.24, 2.45) is 0 Å². The molecule has 0 aromatic heterocycles. The number of nitrogens with zero attached hydrogens (tertiary/aromatic N) is 2. The van der Waals surface area contributed by atoms with Crippen molar-refractivity contribution < 1.29 is 0 Å². The molecule has 0 aliphatic rings. The molecule has 112 valence electrons. The second kappa shape index (κ2) is 8.87. The summed E-state index contributed by atoms with van der Waals surface area (Å²) in [5.74, 6) is 0. The van der Waals surface area contributed by atoms with E-state index in [0.717, 1.165) is 0 Å². The number of rotatable bonds is 4. The molecule has 0 N–H and O–H groups in total. The maximum Gasteiger partial charge on any atom is 2.00 e. The van der Waals surface area contributed by atoms with E-state index in [1.165, 1.54) is 0 Å². The summed E-state index contributed by atoms with van der Waals surface area (Å²) in [5, 5.41) is 0. The largest absolute Gasteiger partial charge is 2.00 e. The number of hydrogen-bond donors (Lipinski definition) is 0. The van der Waals surface area contributed by atoms with Crippen molar-refractivity contribution in [3.63, 3.8) is 0 Å². The maximum atomic E-state index is 4.49. The van der Waals surface area contributed by atoms with Crippen molar-refractivity contribution in [3.8, 4) is 0 Å². The zero-order chi connectivity index (χ0) is 15.4.